The fourth-order valence-electron chi connectivity index (χ4n) is 2.00. The van der Waals surface area contributed by atoms with E-state index in [1.165, 1.54) is 0 Å². The van der Waals surface area contributed by atoms with Gasteiger partial charge in [0.1, 0.15) is 5.75 Å². The van der Waals surface area contributed by atoms with Crippen LogP contribution in [0.15, 0.2) is 30.5 Å². The highest BCUT2D eigenvalue weighted by molar-refractivity contribution is 6.00. The maximum Gasteiger partial charge on any atom is 0.228 e. The van der Waals surface area contributed by atoms with E-state index in [2.05, 4.69) is 10.3 Å². The molecule has 2 aromatic rings. The van der Waals surface area contributed by atoms with Gasteiger partial charge in [-0.2, -0.15) is 0 Å². The normalized spacial score (nSPS) is 13.0. The third kappa shape index (κ3) is 2.22. The third-order valence-electron chi connectivity index (χ3n) is 2.97. The largest absolute Gasteiger partial charge is 0.454 e. The summed E-state index contributed by atoms with van der Waals surface area (Å²) >= 11 is 0. The Kier molecular flexibility index (Phi) is 2.59. The number of anilines is 2. The van der Waals surface area contributed by atoms with Crippen molar-refractivity contribution >= 4 is 17.3 Å². The fourth-order valence-corrected chi connectivity index (χ4v) is 2.00. The number of nitrogens with one attached hydrogen (secondary N) is 1. The number of ether oxygens (including phenoxy) is 1. The average Bonchev–Trinajstić information content (AvgIpc) is 2.72. The second-order valence-corrected chi connectivity index (χ2v) is 4.51. The van der Waals surface area contributed by atoms with E-state index in [0.29, 0.717) is 23.6 Å². The van der Waals surface area contributed by atoms with Crippen LogP contribution >= 0.6 is 0 Å². The van der Waals surface area contributed by atoms with Crippen LogP contribution < -0.4 is 15.8 Å². The van der Waals surface area contributed by atoms with Crippen molar-refractivity contribution in [2.75, 3.05) is 11.1 Å². The van der Waals surface area contributed by atoms with Gasteiger partial charge in [0.25, 0.3) is 0 Å². The predicted octanol–water partition coefficient (Wildman–Crippen LogP) is 2.26. The van der Waals surface area contributed by atoms with Gasteiger partial charge in [0.2, 0.25) is 5.91 Å². The minimum Gasteiger partial charge on any atom is -0.454 e. The van der Waals surface area contributed by atoms with Crippen LogP contribution in [0.3, 0.4) is 0 Å². The van der Waals surface area contributed by atoms with E-state index < -0.39 is 0 Å². The predicted molar refractivity (Wildman–Crippen MR) is 72.2 cm³/mol. The van der Waals surface area contributed by atoms with Gasteiger partial charge in [0.05, 0.1) is 18.3 Å². The average molecular weight is 255 g/mol. The van der Waals surface area contributed by atoms with E-state index in [1.54, 1.807) is 18.3 Å². The van der Waals surface area contributed by atoms with Crippen LogP contribution in [0.1, 0.15) is 11.3 Å². The number of rotatable bonds is 2. The number of benzene rings is 1. The summed E-state index contributed by atoms with van der Waals surface area (Å²) < 4.78 is 5.69. The molecule has 5 nitrogen and oxygen atoms in total. The monoisotopic (exact) mass is 255 g/mol. The number of carbonyl (C=O) groups is 1. The molecule has 0 aliphatic carbocycles. The minimum absolute atomic E-state index is 0.0245. The summed E-state index contributed by atoms with van der Waals surface area (Å²) in [6.07, 6.45) is 2.01. The number of aryl methyl sites for hydroxylation is 1. The quantitative estimate of drug-likeness (QED) is 0.807. The molecule has 1 aromatic heterocycles. The summed E-state index contributed by atoms with van der Waals surface area (Å²) in [4.78, 5) is 15.5. The van der Waals surface area contributed by atoms with Gasteiger partial charge >= 0.3 is 0 Å². The first-order valence-corrected chi connectivity index (χ1v) is 5.94. The Morgan fingerprint density at radius 3 is 2.95 bits per heavy atom. The Balaban J connectivity index is 1.91. The lowest BCUT2D eigenvalue weighted by molar-refractivity contribution is -0.115. The van der Waals surface area contributed by atoms with E-state index in [1.807, 2.05) is 19.1 Å². The topological polar surface area (TPSA) is 77.2 Å². The van der Waals surface area contributed by atoms with Gasteiger partial charge in [-0.05, 0) is 30.7 Å². The third-order valence-corrected chi connectivity index (χ3v) is 2.97. The van der Waals surface area contributed by atoms with Crippen molar-refractivity contribution < 1.29 is 9.53 Å². The van der Waals surface area contributed by atoms with Crippen LogP contribution in [0, 0.1) is 6.92 Å². The van der Waals surface area contributed by atoms with Crippen molar-refractivity contribution in [2.45, 2.75) is 13.3 Å². The summed E-state index contributed by atoms with van der Waals surface area (Å²) in [7, 11) is 0. The lowest BCUT2D eigenvalue weighted by Gasteiger charge is -2.10. The second kappa shape index (κ2) is 4.28. The van der Waals surface area contributed by atoms with Gasteiger partial charge < -0.3 is 15.8 Å². The van der Waals surface area contributed by atoms with E-state index in [-0.39, 0.29) is 5.91 Å². The maximum atomic E-state index is 11.3. The van der Waals surface area contributed by atoms with Crippen molar-refractivity contribution in [2.24, 2.45) is 0 Å². The molecule has 0 unspecified atom stereocenters. The molecule has 1 amide bonds. The van der Waals surface area contributed by atoms with Crippen molar-refractivity contribution in [3.63, 3.8) is 0 Å². The zero-order valence-corrected chi connectivity index (χ0v) is 10.4. The first-order chi connectivity index (χ1) is 9.11. The van der Waals surface area contributed by atoms with Crippen LogP contribution in [-0.4, -0.2) is 10.9 Å². The van der Waals surface area contributed by atoms with Crippen molar-refractivity contribution in [3.8, 4) is 11.5 Å². The molecule has 3 rings (SSSR count). The number of hydrogen-bond donors (Lipinski definition) is 2. The molecule has 0 spiro atoms. The summed E-state index contributed by atoms with van der Waals surface area (Å²) in [5.41, 5.74) is 9.02. The lowest BCUT2D eigenvalue weighted by atomic mass is 10.1. The summed E-state index contributed by atoms with van der Waals surface area (Å²) in [6, 6.07) is 7.20. The number of fused-ring (bicyclic) bond motifs is 1. The van der Waals surface area contributed by atoms with Gasteiger partial charge in [0.15, 0.2) is 5.75 Å². The smallest absolute Gasteiger partial charge is 0.228 e. The van der Waals surface area contributed by atoms with Crippen LogP contribution in [0.4, 0.5) is 11.4 Å². The molecule has 0 bridgehead atoms. The molecule has 1 aromatic carbocycles. The molecular weight excluding hydrogens is 242 g/mol. The maximum absolute atomic E-state index is 11.3. The van der Waals surface area contributed by atoms with Crippen molar-refractivity contribution in [1.29, 1.82) is 0 Å². The Labute approximate surface area is 110 Å². The molecule has 1 aliphatic rings. The Morgan fingerprint density at radius 2 is 2.21 bits per heavy atom. The molecule has 1 aliphatic heterocycles. The van der Waals surface area contributed by atoms with Crippen LogP contribution in [0.2, 0.25) is 0 Å². The van der Waals surface area contributed by atoms with E-state index in [9.17, 15) is 4.79 Å². The van der Waals surface area contributed by atoms with Gasteiger partial charge in [0, 0.05) is 17.4 Å². The minimum atomic E-state index is -0.0245. The molecule has 3 N–H and O–H groups in total. The molecule has 5 heteroatoms. The molecule has 0 saturated heterocycles. The lowest BCUT2D eigenvalue weighted by Crippen LogP contribution is -2.03. The molecule has 0 fully saturated rings. The van der Waals surface area contributed by atoms with Gasteiger partial charge in [-0.25, -0.2) is 0 Å². The van der Waals surface area contributed by atoms with Crippen LogP contribution in [-0.2, 0) is 11.2 Å². The number of pyridine rings is 1. The van der Waals surface area contributed by atoms with Gasteiger partial charge in [-0.15, -0.1) is 0 Å². The van der Waals surface area contributed by atoms with Crippen molar-refractivity contribution in [3.05, 3.63) is 41.7 Å². The molecule has 2 heterocycles. The number of carbonyl (C=O) groups excluding carboxylic acids is 1. The Morgan fingerprint density at radius 1 is 1.37 bits per heavy atom. The standard InChI is InChI=1S/C14H13N3O2/c1-8-2-3-10(7-16-8)19-13-6-12-9(4-11(13)15)5-14(18)17-12/h2-4,6-7H,5,15H2,1H3,(H,17,18). The fraction of sp³-hybridized carbons (Fsp3) is 0.143. The Bertz CT molecular complexity index is 650. The van der Waals surface area contributed by atoms with Crippen molar-refractivity contribution in [1.82, 2.24) is 4.98 Å². The molecular formula is C14H13N3O2. The molecule has 96 valence electrons. The first-order valence-electron chi connectivity index (χ1n) is 5.94. The number of nitrogen functional groups attached to an aromatic ring is 1. The molecule has 0 radical (unpaired) electrons. The van der Waals surface area contributed by atoms with E-state index in [4.69, 9.17) is 10.5 Å². The zero-order valence-electron chi connectivity index (χ0n) is 10.4. The summed E-state index contributed by atoms with van der Waals surface area (Å²) in [6.45, 7) is 1.91. The second-order valence-electron chi connectivity index (χ2n) is 4.51. The zero-order chi connectivity index (χ0) is 13.4. The number of nitrogens with two attached hydrogens (primary N) is 1. The highest BCUT2D eigenvalue weighted by Crippen LogP contribution is 2.35. The summed E-state index contributed by atoms with van der Waals surface area (Å²) in [5, 5.41) is 2.77. The van der Waals surface area contributed by atoms with E-state index >= 15 is 0 Å². The highest BCUT2D eigenvalue weighted by atomic mass is 16.5. The van der Waals surface area contributed by atoms with Crippen LogP contribution in [0.5, 0.6) is 11.5 Å². The van der Waals surface area contributed by atoms with Gasteiger partial charge in [-0.1, -0.05) is 0 Å². The molecule has 0 atom stereocenters. The van der Waals surface area contributed by atoms with E-state index in [0.717, 1.165) is 16.9 Å². The van der Waals surface area contributed by atoms with Gasteiger partial charge in [-0.3, -0.25) is 9.78 Å². The molecule has 0 saturated carbocycles. The number of nitrogens with zero attached hydrogens (tertiary/aromatic N) is 1. The SMILES string of the molecule is Cc1ccc(Oc2cc3c(cc2N)CC(=O)N3)cn1. The molecule has 19 heavy (non-hydrogen) atoms. The van der Waals surface area contributed by atoms with Crippen LogP contribution in [0.25, 0.3) is 0 Å². The summed E-state index contributed by atoms with van der Waals surface area (Å²) in [5.74, 6) is 1.11. The highest BCUT2D eigenvalue weighted by Gasteiger charge is 2.20. The number of hydrogen-bond acceptors (Lipinski definition) is 4. The number of amides is 1. The first kappa shape index (κ1) is 11.5. The Hall–Kier alpha value is -2.56. The number of aromatic nitrogens is 1.